The number of hydrogen-bond acceptors (Lipinski definition) is 4. The number of nitrogens with one attached hydrogen (secondary N) is 1. The van der Waals surface area contributed by atoms with E-state index < -0.39 is 17.3 Å². The van der Waals surface area contributed by atoms with Crippen LogP contribution in [-0.2, 0) is 19.1 Å². The van der Waals surface area contributed by atoms with Crippen molar-refractivity contribution in [2.75, 3.05) is 33.5 Å². The maximum Gasteiger partial charge on any atom is 0.318 e. The summed E-state index contributed by atoms with van der Waals surface area (Å²) >= 11 is 0. The SMILES string of the molecule is COCCOCCCCNC(=O)C(C)(C)C(=O)O. The Labute approximate surface area is 108 Å². The van der Waals surface area contributed by atoms with Crippen LogP contribution in [0.5, 0.6) is 0 Å². The van der Waals surface area contributed by atoms with Crippen molar-refractivity contribution in [3.8, 4) is 0 Å². The summed E-state index contributed by atoms with van der Waals surface area (Å²) in [6.45, 7) is 4.99. The highest BCUT2D eigenvalue weighted by molar-refractivity contribution is 6.00. The van der Waals surface area contributed by atoms with Gasteiger partial charge in [0.1, 0.15) is 5.41 Å². The highest BCUT2D eigenvalue weighted by atomic mass is 16.5. The largest absolute Gasteiger partial charge is 0.480 e. The molecule has 0 atom stereocenters. The fraction of sp³-hybridized carbons (Fsp3) is 0.833. The molecule has 0 heterocycles. The number of carbonyl (C=O) groups excluding carboxylic acids is 1. The van der Waals surface area contributed by atoms with Crippen molar-refractivity contribution in [3.63, 3.8) is 0 Å². The second-order valence-corrected chi connectivity index (χ2v) is 4.50. The van der Waals surface area contributed by atoms with Gasteiger partial charge in [0.25, 0.3) is 0 Å². The molecule has 0 aliphatic carbocycles. The van der Waals surface area contributed by atoms with Gasteiger partial charge >= 0.3 is 5.97 Å². The Hall–Kier alpha value is -1.14. The highest BCUT2D eigenvalue weighted by Crippen LogP contribution is 2.14. The average Bonchev–Trinajstić information content (AvgIpc) is 2.32. The molecular formula is C12H23NO5. The third-order valence-electron chi connectivity index (χ3n) is 2.54. The van der Waals surface area contributed by atoms with E-state index in [1.807, 2.05) is 0 Å². The van der Waals surface area contributed by atoms with Crippen LogP contribution in [0.15, 0.2) is 0 Å². The zero-order valence-electron chi connectivity index (χ0n) is 11.3. The molecule has 0 fully saturated rings. The fourth-order valence-electron chi connectivity index (χ4n) is 1.09. The van der Waals surface area contributed by atoms with Crippen LogP contribution in [0.3, 0.4) is 0 Å². The van der Waals surface area contributed by atoms with Crippen LogP contribution in [0.4, 0.5) is 0 Å². The van der Waals surface area contributed by atoms with Gasteiger partial charge in [-0.05, 0) is 26.7 Å². The lowest BCUT2D eigenvalue weighted by molar-refractivity contribution is -0.153. The van der Waals surface area contributed by atoms with Crippen LogP contribution < -0.4 is 5.32 Å². The smallest absolute Gasteiger partial charge is 0.318 e. The van der Waals surface area contributed by atoms with Gasteiger partial charge in [-0.2, -0.15) is 0 Å². The number of aliphatic carboxylic acids is 1. The normalized spacial score (nSPS) is 11.3. The first kappa shape index (κ1) is 16.9. The molecule has 0 aromatic heterocycles. The number of methoxy groups -OCH3 is 1. The van der Waals surface area contributed by atoms with Crippen molar-refractivity contribution in [3.05, 3.63) is 0 Å². The molecule has 0 radical (unpaired) electrons. The minimum absolute atomic E-state index is 0.461. The third-order valence-corrected chi connectivity index (χ3v) is 2.54. The monoisotopic (exact) mass is 261 g/mol. The van der Waals surface area contributed by atoms with Gasteiger partial charge in [0, 0.05) is 20.3 Å². The predicted octanol–water partition coefficient (Wildman–Crippen LogP) is 0.657. The Bertz CT molecular complexity index is 265. The molecule has 0 unspecified atom stereocenters. The zero-order chi connectivity index (χ0) is 14.0. The van der Waals surface area contributed by atoms with Crippen molar-refractivity contribution < 1.29 is 24.2 Å². The van der Waals surface area contributed by atoms with E-state index in [9.17, 15) is 9.59 Å². The minimum Gasteiger partial charge on any atom is -0.480 e. The molecule has 1 amide bonds. The van der Waals surface area contributed by atoms with Crippen LogP contribution in [0.25, 0.3) is 0 Å². The lowest BCUT2D eigenvalue weighted by atomic mass is 9.93. The number of carbonyl (C=O) groups is 2. The van der Waals surface area contributed by atoms with Crippen LogP contribution in [-0.4, -0.2) is 50.5 Å². The molecule has 18 heavy (non-hydrogen) atoms. The molecule has 0 bridgehead atoms. The molecule has 0 rings (SSSR count). The van der Waals surface area contributed by atoms with Gasteiger partial charge in [-0.1, -0.05) is 0 Å². The summed E-state index contributed by atoms with van der Waals surface area (Å²) in [7, 11) is 1.61. The first-order chi connectivity index (χ1) is 8.42. The third kappa shape index (κ3) is 6.56. The summed E-state index contributed by atoms with van der Waals surface area (Å²) in [6.07, 6.45) is 1.58. The van der Waals surface area contributed by atoms with Crippen LogP contribution in [0.1, 0.15) is 26.7 Å². The molecular weight excluding hydrogens is 238 g/mol. The van der Waals surface area contributed by atoms with E-state index in [0.717, 1.165) is 12.8 Å². The van der Waals surface area contributed by atoms with Crippen molar-refractivity contribution in [1.29, 1.82) is 0 Å². The zero-order valence-corrected chi connectivity index (χ0v) is 11.3. The Morgan fingerprint density at radius 1 is 1.17 bits per heavy atom. The number of ether oxygens (including phenoxy) is 2. The van der Waals surface area contributed by atoms with Crippen molar-refractivity contribution in [2.45, 2.75) is 26.7 Å². The summed E-state index contributed by atoms with van der Waals surface area (Å²) in [5.41, 5.74) is -1.38. The number of carboxylic acids is 1. The van der Waals surface area contributed by atoms with E-state index in [2.05, 4.69) is 5.32 Å². The maximum atomic E-state index is 11.5. The number of unbranched alkanes of at least 4 members (excludes halogenated alkanes) is 1. The average molecular weight is 261 g/mol. The van der Waals surface area contributed by atoms with E-state index in [4.69, 9.17) is 14.6 Å². The summed E-state index contributed by atoms with van der Waals surface area (Å²) in [5, 5.41) is 11.4. The highest BCUT2D eigenvalue weighted by Gasteiger charge is 2.35. The maximum absolute atomic E-state index is 11.5. The Morgan fingerprint density at radius 3 is 2.39 bits per heavy atom. The first-order valence-corrected chi connectivity index (χ1v) is 6.01. The number of carboxylic acid groups (broad SMARTS) is 1. The van der Waals surface area contributed by atoms with Gasteiger partial charge in [-0.3, -0.25) is 9.59 Å². The van der Waals surface area contributed by atoms with E-state index in [0.29, 0.717) is 26.4 Å². The van der Waals surface area contributed by atoms with Crippen LogP contribution >= 0.6 is 0 Å². The molecule has 0 saturated heterocycles. The van der Waals surface area contributed by atoms with Crippen LogP contribution in [0, 0.1) is 5.41 Å². The number of hydrogen-bond donors (Lipinski definition) is 2. The molecule has 0 aliphatic rings. The predicted molar refractivity (Wildman–Crippen MR) is 66.4 cm³/mol. The summed E-state index contributed by atoms with van der Waals surface area (Å²) in [5.74, 6) is -1.58. The molecule has 6 heteroatoms. The van der Waals surface area contributed by atoms with Gasteiger partial charge in [0.15, 0.2) is 0 Å². The molecule has 0 aliphatic heterocycles. The summed E-state index contributed by atoms with van der Waals surface area (Å²) in [6, 6.07) is 0. The minimum atomic E-state index is -1.38. The fourth-order valence-corrected chi connectivity index (χ4v) is 1.09. The topological polar surface area (TPSA) is 84.9 Å². The standard InChI is InChI=1S/C12H23NO5/c1-12(2,11(15)16)10(14)13-6-4-5-7-18-9-8-17-3/h4-9H2,1-3H3,(H,13,14)(H,15,16). The first-order valence-electron chi connectivity index (χ1n) is 6.01. The molecule has 0 aromatic rings. The summed E-state index contributed by atoms with van der Waals surface area (Å²) in [4.78, 5) is 22.3. The molecule has 2 N–H and O–H groups in total. The molecule has 0 aromatic carbocycles. The van der Waals surface area contributed by atoms with E-state index in [1.165, 1.54) is 13.8 Å². The van der Waals surface area contributed by atoms with E-state index >= 15 is 0 Å². The second kappa shape index (κ2) is 8.88. The molecule has 6 nitrogen and oxygen atoms in total. The Balaban J connectivity index is 3.55. The second-order valence-electron chi connectivity index (χ2n) is 4.50. The molecule has 106 valence electrons. The van der Waals surface area contributed by atoms with E-state index in [1.54, 1.807) is 7.11 Å². The van der Waals surface area contributed by atoms with Gasteiger partial charge in [0.05, 0.1) is 13.2 Å². The molecule has 0 spiro atoms. The van der Waals surface area contributed by atoms with Crippen molar-refractivity contribution in [1.82, 2.24) is 5.32 Å². The quantitative estimate of drug-likeness (QED) is 0.445. The lowest BCUT2D eigenvalue weighted by Crippen LogP contribution is -2.42. The van der Waals surface area contributed by atoms with Gasteiger partial charge in [-0.25, -0.2) is 0 Å². The van der Waals surface area contributed by atoms with Crippen molar-refractivity contribution >= 4 is 11.9 Å². The summed E-state index contributed by atoms with van der Waals surface area (Å²) < 4.78 is 10.1. The van der Waals surface area contributed by atoms with Gasteiger partial charge in [0.2, 0.25) is 5.91 Å². The Kier molecular flexibility index (Phi) is 8.32. The van der Waals surface area contributed by atoms with Gasteiger partial charge in [-0.15, -0.1) is 0 Å². The lowest BCUT2D eigenvalue weighted by Gasteiger charge is -2.18. The Morgan fingerprint density at radius 2 is 1.83 bits per heavy atom. The van der Waals surface area contributed by atoms with E-state index in [-0.39, 0.29) is 0 Å². The number of amides is 1. The number of rotatable bonds is 10. The van der Waals surface area contributed by atoms with Crippen molar-refractivity contribution in [2.24, 2.45) is 5.41 Å². The van der Waals surface area contributed by atoms with Gasteiger partial charge < -0.3 is 19.9 Å². The van der Waals surface area contributed by atoms with Crippen LogP contribution in [0.2, 0.25) is 0 Å². The molecule has 0 saturated carbocycles.